The van der Waals surface area contributed by atoms with E-state index in [1.807, 2.05) is 11.3 Å². The van der Waals surface area contributed by atoms with Crippen LogP contribution in [0.1, 0.15) is 11.1 Å². The van der Waals surface area contributed by atoms with Gasteiger partial charge in [0.25, 0.3) is 0 Å². The summed E-state index contributed by atoms with van der Waals surface area (Å²) < 4.78 is 7.54. The lowest BCUT2D eigenvalue weighted by Gasteiger charge is -2.14. The van der Waals surface area contributed by atoms with E-state index in [-0.39, 0.29) is 0 Å². The second-order valence-electron chi connectivity index (χ2n) is 14.2. The molecular weight excluding hydrogens is 661 g/mol. The lowest BCUT2D eigenvalue weighted by Crippen LogP contribution is -1.96. The molecule has 0 aliphatic carbocycles. The van der Waals surface area contributed by atoms with Crippen LogP contribution in [0.2, 0.25) is 0 Å². The molecule has 11 rings (SSSR count). The van der Waals surface area contributed by atoms with Gasteiger partial charge >= 0.3 is 0 Å². The van der Waals surface area contributed by atoms with E-state index in [9.17, 15) is 0 Å². The average molecular weight is 695 g/mol. The molecule has 0 aliphatic heterocycles. The van der Waals surface area contributed by atoms with Crippen molar-refractivity contribution < 1.29 is 0 Å². The van der Waals surface area contributed by atoms with E-state index in [0.717, 1.165) is 0 Å². The zero-order chi connectivity index (χ0) is 35.2. The Balaban J connectivity index is 1.08. The Morgan fingerprint density at radius 2 is 0.943 bits per heavy atom. The molecule has 0 saturated heterocycles. The van der Waals surface area contributed by atoms with Crippen LogP contribution >= 0.6 is 11.3 Å². The molecule has 53 heavy (non-hydrogen) atoms. The van der Waals surface area contributed by atoms with Crippen molar-refractivity contribution in [2.45, 2.75) is 13.8 Å². The number of para-hydroxylation sites is 2. The largest absolute Gasteiger partial charge is 0.309 e. The van der Waals surface area contributed by atoms with Gasteiger partial charge in [-0.05, 0) is 114 Å². The monoisotopic (exact) mass is 694 g/mol. The number of aromatic nitrogens is 2. The molecule has 0 radical (unpaired) electrons. The summed E-state index contributed by atoms with van der Waals surface area (Å²) in [6.45, 7) is 4.42. The number of thiophene rings is 1. The predicted octanol–water partition coefficient (Wildman–Crippen LogP) is 14.2. The molecule has 0 bridgehead atoms. The molecule has 0 unspecified atom stereocenters. The predicted molar refractivity (Wildman–Crippen MR) is 228 cm³/mol. The van der Waals surface area contributed by atoms with Crippen molar-refractivity contribution in [3.8, 4) is 33.6 Å². The molecule has 0 saturated carbocycles. The Hall–Kier alpha value is -6.42. The van der Waals surface area contributed by atoms with Gasteiger partial charge in [-0.3, -0.25) is 0 Å². The van der Waals surface area contributed by atoms with Crippen LogP contribution in [0, 0.1) is 13.8 Å². The Bertz CT molecular complexity index is 3260. The minimum Gasteiger partial charge on any atom is -0.309 e. The molecule has 0 spiro atoms. The number of benzene rings is 8. The number of nitrogens with zero attached hydrogens (tertiary/aromatic N) is 2. The van der Waals surface area contributed by atoms with Crippen LogP contribution in [-0.2, 0) is 0 Å². The number of hydrogen-bond donors (Lipinski definition) is 0. The van der Waals surface area contributed by atoms with E-state index < -0.39 is 0 Å². The molecule has 3 aromatic heterocycles. The fourth-order valence-corrected chi connectivity index (χ4v) is 9.88. The standard InChI is InChI=1S/C50H34N2S/c1-31-12-3-4-13-36(31)37-25-24-35(28-32(37)2)51-43-17-8-5-14-38(43)41-29-33(22-26-45(41)51)34-23-27-46-42(30-34)39-15-6-9-18-44(39)52(46)47-19-11-21-49-50(47)40-16-7-10-20-48(40)53-49/h3-30H,1-2H3. The zero-order valence-electron chi connectivity index (χ0n) is 29.5. The molecule has 0 fully saturated rings. The van der Waals surface area contributed by atoms with E-state index in [1.165, 1.54) is 109 Å². The lowest BCUT2D eigenvalue weighted by molar-refractivity contribution is 1.17. The third-order valence-corrected chi connectivity index (χ3v) is 12.3. The molecule has 3 heterocycles. The molecular formula is C50H34N2S. The van der Waals surface area contributed by atoms with Crippen LogP contribution in [0.25, 0.3) is 97.4 Å². The van der Waals surface area contributed by atoms with Gasteiger partial charge in [-0.15, -0.1) is 11.3 Å². The maximum absolute atomic E-state index is 2.47. The number of aryl methyl sites for hydroxylation is 2. The van der Waals surface area contributed by atoms with E-state index >= 15 is 0 Å². The first-order chi connectivity index (χ1) is 26.1. The van der Waals surface area contributed by atoms with Crippen molar-refractivity contribution >= 4 is 75.1 Å². The Labute approximate surface area is 311 Å². The van der Waals surface area contributed by atoms with Crippen LogP contribution in [0.15, 0.2) is 170 Å². The van der Waals surface area contributed by atoms with Crippen LogP contribution in [-0.4, -0.2) is 9.13 Å². The molecule has 0 N–H and O–H groups in total. The van der Waals surface area contributed by atoms with Crippen molar-refractivity contribution in [1.82, 2.24) is 9.13 Å². The molecule has 0 atom stereocenters. The summed E-state index contributed by atoms with van der Waals surface area (Å²) in [7, 11) is 0. The van der Waals surface area contributed by atoms with Gasteiger partial charge in [0.1, 0.15) is 0 Å². The van der Waals surface area contributed by atoms with E-state index in [0.29, 0.717) is 0 Å². The van der Waals surface area contributed by atoms with Crippen LogP contribution in [0.3, 0.4) is 0 Å². The van der Waals surface area contributed by atoms with Crippen LogP contribution in [0.4, 0.5) is 0 Å². The van der Waals surface area contributed by atoms with Gasteiger partial charge in [0.05, 0.1) is 27.8 Å². The highest BCUT2D eigenvalue weighted by Crippen LogP contribution is 2.42. The van der Waals surface area contributed by atoms with Gasteiger partial charge in [0.2, 0.25) is 0 Å². The topological polar surface area (TPSA) is 9.86 Å². The first-order valence-electron chi connectivity index (χ1n) is 18.3. The van der Waals surface area contributed by atoms with Crippen molar-refractivity contribution in [3.63, 3.8) is 0 Å². The quantitative estimate of drug-likeness (QED) is 0.174. The summed E-state index contributed by atoms with van der Waals surface area (Å²) >= 11 is 1.87. The van der Waals surface area contributed by atoms with Crippen molar-refractivity contribution in [1.29, 1.82) is 0 Å². The maximum atomic E-state index is 2.47. The van der Waals surface area contributed by atoms with Gasteiger partial charge in [-0.1, -0.05) is 103 Å². The van der Waals surface area contributed by atoms with Crippen LogP contribution < -0.4 is 0 Å². The van der Waals surface area contributed by atoms with E-state index in [4.69, 9.17) is 0 Å². The fraction of sp³-hybridized carbons (Fsp3) is 0.0400. The van der Waals surface area contributed by atoms with Gasteiger partial charge in [-0.2, -0.15) is 0 Å². The summed E-state index contributed by atoms with van der Waals surface area (Å²) in [5.41, 5.74) is 14.9. The lowest BCUT2D eigenvalue weighted by atomic mass is 9.96. The highest BCUT2D eigenvalue weighted by Gasteiger charge is 2.19. The van der Waals surface area contributed by atoms with Gasteiger partial charge in [0.15, 0.2) is 0 Å². The molecule has 11 aromatic rings. The van der Waals surface area contributed by atoms with E-state index in [1.54, 1.807) is 0 Å². The fourth-order valence-electron chi connectivity index (χ4n) is 8.75. The molecule has 250 valence electrons. The van der Waals surface area contributed by atoms with Crippen molar-refractivity contribution in [2.75, 3.05) is 0 Å². The zero-order valence-corrected chi connectivity index (χ0v) is 30.3. The summed E-state index contributed by atoms with van der Waals surface area (Å²) in [4.78, 5) is 0. The second kappa shape index (κ2) is 11.5. The normalized spacial score (nSPS) is 12.0. The van der Waals surface area contributed by atoms with Crippen LogP contribution in [0.5, 0.6) is 0 Å². The van der Waals surface area contributed by atoms with Gasteiger partial charge in [-0.25, -0.2) is 0 Å². The third-order valence-electron chi connectivity index (χ3n) is 11.2. The van der Waals surface area contributed by atoms with Crippen molar-refractivity contribution in [3.05, 3.63) is 181 Å². The second-order valence-corrected chi connectivity index (χ2v) is 15.3. The number of fused-ring (bicyclic) bond motifs is 9. The Kier molecular flexibility index (Phi) is 6.58. The maximum Gasteiger partial charge on any atom is 0.0555 e. The molecule has 2 nitrogen and oxygen atoms in total. The summed E-state index contributed by atoms with van der Waals surface area (Å²) in [5.74, 6) is 0. The molecule has 0 amide bonds. The van der Waals surface area contributed by atoms with Gasteiger partial charge < -0.3 is 9.13 Å². The molecule has 3 heteroatoms. The average Bonchev–Trinajstić information content (AvgIpc) is 3.85. The van der Waals surface area contributed by atoms with E-state index in [2.05, 4.69) is 193 Å². The Morgan fingerprint density at radius 3 is 1.66 bits per heavy atom. The Morgan fingerprint density at radius 1 is 0.377 bits per heavy atom. The highest BCUT2D eigenvalue weighted by molar-refractivity contribution is 7.25. The first kappa shape index (κ1) is 30.2. The third kappa shape index (κ3) is 4.51. The first-order valence-corrected chi connectivity index (χ1v) is 19.1. The number of rotatable bonds is 4. The highest BCUT2D eigenvalue weighted by atomic mass is 32.1. The summed E-state index contributed by atoms with van der Waals surface area (Å²) in [5, 5.41) is 7.69. The summed E-state index contributed by atoms with van der Waals surface area (Å²) in [6.07, 6.45) is 0. The van der Waals surface area contributed by atoms with Crippen molar-refractivity contribution in [2.24, 2.45) is 0 Å². The minimum absolute atomic E-state index is 1.18. The minimum atomic E-state index is 1.18. The molecule has 0 aliphatic rings. The molecule has 8 aromatic carbocycles. The summed E-state index contributed by atoms with van der Waals surface area (Å²) in [6, 6.07) is 62.8. The number of hydrogen-bond acceptors (Lipinski definition) is 1. The van der Waals surface area contributed by atoms with Gasteiger partial charge in [0, 0.05) is 47.4 Å². The SMILES string of the molecule is Cc1ccccc1-c1ccc(-n2c3ccccc3c3cc(-c4ccc5c(c4)c4ccccc4n5-c4cccc5sc6ccccc6c45)ccc32)cc1C. The smallest absolute Gasteiger partial charge is 0.0555 e.